The van der Waals surface area contributed by atoms with Gasteiger partial charge in [0.05, 0.1) is 5.56 Å². The molecule has 0 amide bonds. The Balaban J connectivity index is 3.02. The highest BCUT2D eigenvalue weighted by atomic mass is 15.1. The molecule has 0 saturated heterocycles. The molecular weight excluding hydrogens is 190 g/mol. The minimum atomic E-state index is 0.228. The number of nitrogen functional groups attached to an aromatic ring is 1. The summed E-state index contributed by atoms with van der Waals surface area (Å²) < 4.78 is 0. The van der Waals surface area contributed by atoms with Gasteiger partial charge in [-0.3, -0.25) is 0 Å². The molecule has 82 valence electrons. The van der Waals surface area contributed by atoms with Crippen molar-refractivity contribution in [3.63, 3.8) is 0 Å². The van der Waals surface area contributed by atoms with E-state index in [4.69, 9.17) is 11.5 Å². The number of hydrogen-bond donors (Lipinski definition) is 3. The molecular formula is C10H17N5. The van der Waals surface area contributed by atoms with Crippen LogP contribution in [-0.4, -0.2) is 16.0 Å². The zero-order valence-electron chi connectivity index (χ0n) is 9.12. The van der Waals surface area contributed by atoms with Crippen molar-refractivity contribution in [1.29, 1.82) is 0 Å². The van der Waals surface area contributed by atoms with E-state index in [1.807, 2.05) is 0 Å². The van der Waals surface area contributed by atoms with Gasteiger partial charge < -0.3 is 16.8 Å². The maximum absolute atomic E-state index is 5.63. The van der Waals surface area contributed by atoms with Gasteiger partial charge in [0.1, 0.15) is 5.82 Å². The van der Waals surface area contributed by atoms with Crippen LogP contribution in [0, 0.1) is 0 Å². The lowest BCUT2D eigenvalue weighted by atomic mass is 10.2. The van der Waals surface area contributed by atoms with Crippen LogP contribution in [0.5, 0.6) is 0 Å². The van der Waals surface area contributed by atoms with Gasteiger partial charge in [-0.1, -0.05) is 13.5 Å². The lowest BCUT2D eigenvalue weighted by Crippen LogP contribution is -2.17. The highest BCUT2D eigenvalue weighted by molar-refractivity contribution is 5.70. The molecule has 0 unspecified atom stereocenters. The predicted molar refractivity (Wildman–Crippen MR) is 63.0 cm³/mol. The van der Waals surface area contributed by atoms with E-state index in [1.165, 1.54) is 0 Å². The average molecular weight is 207 g/mol. The Kier molecular flexibility index (Phi) is 3.49. The van der Waals surface area contributed by atoms with Crippen LogP contribution in [-0.2, 0) is 0 Å². The van der Waals surface area contributed by atoms with Gasteiger partial charge in [-0.2, -0.15) is 4.98 Å². The molecule has 0 aromatic carbocycles. The van der Waals surface area contributed by atoms with Gasteiger partial charge in [0, 0.05) is 17.9 Å². The van der Waals surface area contributed by atoms with E-state index in [1.54, 1.807) is 6.20 Å². The predicted octanol–water partition coefficient (Wildman–Crippen LogP) is 1.20. The van der Waals surface area contributed by atoms with Gasteiger partial charge in [0.15, 0.2) is 0 Å². The van der Waals surface area contributed by atoms with E-state index in [2.05, 4.69) is 35.7 Å². The van der Waals surface area contributed by atoms with Crippen LogP contribution in [0.3, 0.4) is 0 Å². The van der Waals surface area contributed by atoms with Gasteiger partial charge in [-0.25, -0.2) is 4.98 Å². The van der Waals surface area contributed by atoms with Crippen molar-refractivity contribution in [1.82, 2.24) is 9.97 Å². The quantitative estimate of drug-likeness (QED) is 0.690. The van der Waals surface area contributed by atoms with Crippen molar-refractivity contribution < 1.29 is 0 Å². The van der Waals surface area contributed by atoms with Crippen LogP contribution in [0.15, 0.2) is 12.8 Å². The Bertz CT molecular complexity index is 361. The van der Waals surface area contributed by atoms with E-state index in [0.29, 0.717) is 23.1 Å². The number of nitrogens with one attached hydrogen (secondary N) is 1. The first-order chi connectivity index (χ1) is 7.04. The fraction of sp³-hybridized carbons (Fsp3) is 0.400. The molecule has 0 bridgehead atoms. The number of hydrogen-bond acceptors (Lipinski definition) is 5. The average Bonchev–Trinajstić information content (AvgIpc) is 2.17. The fourth-order valence-corrected chi connectivity index (χ4v) is 1.08. The number of nitrogens with two attached hydrogens (primary N) is 2. The smallest absolute Gasteiger partial charge is 0.221 e. The molecule has 0 saturated carbocycles. The van der Waals surface area contributed by atoms with Crippen LogP contribution >= 0.6 is 0 Å². The maximum atomic E-state index is 5.63. The summed E-state index contributed by atoms with van der Waals surface area (Å²) in [5.41, 5.74) is 12.3. The summed E-state index contributed by atoms with van der Waals surface area (Å²) in [5.74, 6) is 0.871. The van der Waals surface area contributed by atoms with Crippen LogP contribution in [0.25, 0.3) is 5.70 Å². The molecule has 1 heterocycles. The molecule has 1 atom stereocenters. The number of nitrogens with zero attached hydrogens (tertiary/aromatic N) is 2. The highest BCUT2D eigenvalue weighted by Crippen LogP contribution is 2.18. The number of aromatic nitrogens is 2. The van der Waals surface area contributed by atoms with Crippen LogP contribution in [0.1, 0.15) is 25.8 Å². The molecule has 0 fully saturated rings. The molecule has 0 spiro atoms. The summed E-state index contributed by atoms with van der Waals surface area (Å²) in [7, 11) is 0. The summed E-state index contributed by atoms with van der Waals surface area (Å²) in [6, 6.07) is 0.303. The molecule has 1 rings (SSSR count). The summed E-state index contributed by atoms with van der Waals surface area (Å²) in [5, 5.41) is 3.21. The Morgan fingerprint density at radius 2 is 2.33 bits per heavy atom. The van der Waals surface area contributed by atoms with E-state index < -0.39 is 0 Å². The van der Waals surface area contributed by atoms with Crippen LogP contribution < -0.4 is 16.8 Å². The molecule has 1 aromatic rings. The highest BCUT2D eigenvalue weighted by Gasteiger charge is 2.09. The topological polar surface area (TPSA) is 89.8 Å². The molecule has 0 radical (unpaired) electrons. The summed E-state index contributed by atoms with van der Waals surface area (Å²) in [6.45, 7) is 7.81. The molecule has 1 aromatic heterocycles. The second-order valence-corrected chi connectivity index (χ2v) is 3.47. The maximum Gasteiger partial charge on any atom is 0.221 e. The molecule has 0 aliphatic rings. The minimum Gasteiger partial charge on any atom is -0.399 e. The van der Waals surface area contributed by atoms with Crippen molar-refractivity contribution in [2.45, 2.75) is 26.3 Å². The van der Waals surface area contributed by atoms with E-state index >= 15 is 0 Å². The molecule has 0 aliphatic heterocycles. The van der Waals surface area contributed by atoms with Crippen molar-refractivity contribution in [2.24, 2.45) is 5.73 Å². The Hall–Kier alpha value is -1.78. The molecule has 5 nitrogen and oxygen atoms in total. The van der Waals surface area contributed by atoms with Gasteiger partial charge in [-0.05, 0) is 13.3 Å². The standard InChI is InChI=1S/C10H17N5/c1-4-6(2)14-9-8(7(3)11)5-13-10(12)15-9/h5-6H,3-4,11H2,1-2H3,(H3,12,13,14,15)/t6-/m0/s1. The fourth-order valence-electron chi connectivity index (χ4n) is 1.08. The van der Waals surface area contributed by atoms with E-state index in [0.717, 1.165) is 6.42 Å². The molecule has 15 heavy (non-hydrogen) atoms. The third-order valence-corrected chi connectivity index (χ3v) is 2.15. The SMILES string of the molecule is C=C(N)c1cnc(N)nc1N[C@@H](C)CC. The number of anilines is 2. The van der Waals surface area contributed by atoms with Gasteiger partial charge >= 0.3 is 0 Å². The van der Waals surface area contributed by atoms with Crippen molar-refractivity contribution >= 4 is 17.5 Å². The third-order valence-electron chi connectivity index (χ3n) is 2.15. The zero-order chi connectivity index (χ0) is 11.4. The second kappa shape index (κ2) is 4.63. The first-order valence-corrected chi connectivity index (χ1v) is 4.88. The lowest BCUT2D eigenvalue weighted by molar-refractivity contribution is 0.758. The van der Waals surface area contributed by atoms with E-state index in [-0.39, 0.29) is 5.95 Å². The first-order valence-electron chi connectivity index (χ1n) is 4.88. The van der Waals surface area contributed by atoms with Crippen LogP contribution in [0.4, 0.5) is 11.8 Å². The Morgan fingerprint density at radius 3 is 2.87 bits per heavy atom. The number of rotatable bonds is 4. The Morgan fingerprint density at radius 1 is 1.67 bits per heavy atom. The summed E-state index contributed by atoms with van der Waals surface area (Å²) in [4.78, 5) is 7.98. The van der Waals surface area contributed by atoms with Crippen molar-refractivity contribution in [3.05, 3.63) is 18.3 Å². The largest absolute Gasteiger partial charge is 0.399 e. The molecule has 0 aliphatic carbocycles. The monoisotopic (exact) mass is 207 g/mol. The third kappa shape index (κ3) is 2.83. The molecule has 5 N–H and O–H groups in total. The zero-order valence-corrected chi connectivity index (χ0v) is 9.12. The van der Waals surface area contributed by atoms with Gasteiger partial charge in [0.2, 0.25) is 5.95 Å². The lowest BCUT2D eigenvalue weighted by Gasteiger charge is -2.15. The molecule has 5 heteroatoms. The second-order valence-electron chi connectivity index (χ2n) is 3.47. The Labute approximate surface area is 89.6 Å². The van der Waals surface area contributed by atoms with Crippen molar-refractivity contribution in [2.75, 3.05) is 11.1 Å². The normalized spacial score (nSPS) is 12.1. The van der Waals surface area contributed by atoms with E-state index in [9.17, 15) is 0 Å². The summed E-state index contributed by atoms with van der Waals surface area (Å²) >= 11 is 0. The van der Waals surface area contributed by atoms with Crippen LogP contribution in [0.2, 0.25) is 0 Å². The van der Waals surface area contributed by atoms with Crippen molar-refractivity contribution in [3.8, 4) is 0 Å². The summed E-state index contributed by atoms with van der Waals surface area (Å²) in [6.07, 6.45) is 2.57. The van der Waals surface area contributed by atoms with Gasteiger partial charge in [0.25, 0.3) is 0 Å². The minimum absolute atomic E-state index is 0.228. The van der Waals surface area contributed by atoms with Gasteiger partial charge in [-0.15, -0.1) is 0 Å². The first kappa shape index (κ1) is 11.3.